The van der Waals surface area contributed by atoms with Gasteiger partial charge in [-0.15, -0.1) is 0 Å². The number of nitrogens with one attached hydrogen (secondary N) is 1. The molecule has 4 N–H and O–H groups in total. The summed E-state index contributed by atoms with van der Waals surface area (Å²) < 4.78 is 0. The second-order valence-corrected chi connectivity index (χ2v) is 4.77. The van der Waals surface area contributed by atoms with Crippen LogP contribution in [0.4, 0.5) is 0 Å². The van der Waals surface area contributed by atoms with E-state index < -0.39 is 0 Å². The Labute approximate surface area is 98.6 Å². The average Bonchev–Trinajstić information content (AvgIpc) is 2.13. The second kappa shape index (κ2) is 8.53. The summed E-state index contributed by atoms with van der Waals surface area (Å²) >= 11 is 0. The van der Waals surface area contributed by atoms with E-state index >= 15 is 0 Å². The van der Waals surface area contributed by atoms with Gasteiger partial charge in [0, 0.05) is 12.5 Å². The molecule has 0 heterocycles. The van der Waals surface area contributed by atoms with Crippen molar-refractivity contribution in [2.24, 2.45) is 11.7 Å². The Hall–Kier alpha value is -0.610. The SMILES string of the molecule is CC(O)CC(C)NC(=O)CCC(C)CCN. The Bertz CT molecular complexity index is 195. The predicted octanol–water partition coefficient (Wildman–Crippen LogP) is 1.03. The molecule has 0 aliphatic heterocycles. The van der Waals surface area contributed by atoms with Crippen molar-refractivity contribution in [1.82, 2.24) is 5.32 Å². The Balaban J connectivity index is 3.65. The molecule has 96 valence electrons. The number of amides is 1. The molecular weight excluding hydrogens is 204 g/mol. The number of rotatable bonds is 8. The summed E-state index contributed by atoms with van der Waals surface area (Å²) in [6.07, 6.45) is 2.63. The van der Waals surface area contributed by atoms with Crippen molar-refractivity contribution >= 4 is 5.91 Å². The minimum absolute atomic E-state index is 0.0392. The first-order chi connectivity index (χ1) is 7.45. The number of aliphatic hydroxyl groups is 1. The molecule has 0 aromatic rings. The fourth-order valence-corrected chi connectivity index (χ4v) is 1.72. The molecule has 3 unspecified atom stereocenters. The second-order valence-electron chi connectivity index (χ2n) is 4.77. The normalized spacial score (nSPS) is 16.6. The largest absolute Gasteiger partial charge is 0.393 e. The summed E-state index contributed by atoms with van der Waals surface area (Å²) in [4.78, 5) is 11.5. The van der Waals surface area contributed by atoms with Crippen LogP contribution < -0.4 is 11.1 Å². The fourth-order valence-electron chi connectivity index (χ4n) is 1.72. The van der Waals surface area contributed by atoms with Gasteiger partial charge < -0.3 is 16.2 Å². The van der Waals surface area contributed by atoms with Crippen LogP contribution in [0.1, 0.15) is 46.5 Å². The maximum Gasteiger partial charge on any atom is 0.220 e. The first kappa shape index (κ1) is 15.4. The van der Waals surface area contributed by atoms with Crippen molar-refractivity contribution in [3.8, 4) is 0 Å². The number of carbonyl (C=O) groups excluding carboxylic acids is 1. The van der Waals surface area contributed by atoms with Crippen LogP contribution in [0.3, 0.4) is 0 Å². The summed E-state index contributed by atoms with van der Waals surface area (Å²) in [5, 5.41) is 12.0. The standard InChI is InChI=1S/C12H26N2O2/c1-9(6-7-13)4-5-12(16)14-10(2)8-11(3)15/h9-11,15H,4-8,13H2,1-3H3,(H,14,16). The summed E-state index contributed by atoms with van der Waals surface area (Å²) in [5.41, 5.74) is 5.44. The number of carbonyl (C=O) groups is 1. The van der Waals surface area contributed by atoms with E-state index in [1.54, 1.807) is 6.92 Å². The van der Waals surface area contributed by atoms with Gasteiger partial charge in [0.15, 0.2) is 0 Å². The number of nitrogens with two attached hydrogens (primary N) is 1. The molecule has 0 saturated carbocycles. The van der Waals surface area contributed by atoms with Crippen LogP contribution in [0.25, 0.3) is 0 Å². The molecule has 0 radical (unpaired) electrons. The van der Waals surface area contributed by atoms with Crippen molar-refractivity contribution in [3.63, 3.8) is 0 Å². The van der Waals surface area contributed by atoms with Gasteiger partial charge >= 0.3 is 0 Å². The first-order valence-electron chi connectivity index (χ1n) is 6.13. The van der Waals surface area contributed by atoms with E-state index in [0.29, 0.717) is 25.3 Å². The molecule has 16 heavy (non-hydrogen) atoms. The maximum atomic E-state index is 11.5. The van der Waals surface area contributed by atoms with Crippen molar-refractivity contribution < 1.29 is 9.90 Å². The van der Waals surface area contributed by atoms with E-state index in [9.17, 15) is 4.79 Å². The lowest BCUT2D eigenvalue weighted by atomic mass is 10.0. The molecule has 0 aliphatic rings. The molecule has 0 bridgehead atoms. The smallest absolute Gasteiger partial charge is 0.220 e. The van der Waals surface area contributed by atoms with Crippen molar-refractivity contribution in [1.29, 1.82) is 0 Å². The fraction of sp³-hybridized carbons (Fsp3) is 0.917. The lowest BCUT2D eigenvalue weighted by Crippen LogP contribution is -2.34. The number of aliphatic hydroxyl groups excluding tert-OH is 1. The Morgan fingerprint density at radius 2 is 1.94 bits per heavy atom. The molecule has 1 amide bonds. The van der Waals surface area contributed by atoms with Gasteiger partial charge in [-0.2, -0.15) is 0 Å². The first-order valence-corrected chi connectivity index (χ1v) is 6.13. The van der Waals surface area contributed by atoms with E-state index in [1.165, 1.54) is 0 Å². The maximum absolute atomic E-state index is 11.5. The van der Waals surface area contributed by atoms with E-state index in [0.717, 1.165) is 12.8 Å². The third kappa shape index (κ3) is 8.68. The summed E-state index contributed by atoms with van der Waals surface area (Å²) in [7, 11) is 0. The summed E-state index contributed by atoms with van der Waals surface area (Å²) in [6, 6.07) is 0.0392. The van der Waals surface area contributed by atoms with Crippen LogP contribution in [0, 0.1) is 5.92 Å². The molecule has 0 fully saturated rings. The third-order valence-electron chi connectivity index (χ3n) is 2.63. The highest BCUT2D eigenvalue weighted by molar-refractivity contribution is 5.76. The van der Waals surface area contributed by atoms with Gasteiger partial charge in [0.05, 0.1) is 6.10 Å². The highest BCUT2D eigenvalue weighted by Crippen LogP contribution is 2.09. The summed E-state index contributed by atoms with van der Waals surface area (Å²) in [6.45, 7) is 6.43. The highest BCUT2D eigenvalue weighted by Gasteiger charge is 2.10. The number of hydrogen-bond acceptors (Lipinski definition) is 3. The molecule has 0 aromatic heterocycles. The molecule has 4 nitrogen and oxygen atoms in total. The molecular formula is C12H26N2O2. The molecule has 0 aromatic carbocycles. The van der Waals surface area contributed by atoms with Gasteiger partial charge in [-0.1, -0.05) is 6.92 Å². The molecule has 3 atom stereocenters. The van der Waals surface area contributed by atoms with Crippen LogP contribution >= 0.6 is 0 Å². The molecule has 4 heteroatoms. The zero-order chi connectivity index (χ0) is 12.6. The zero-order valence-corrected chi connectivity index (χ0v) is 10.7. The molecule has 0 saturated heterocycles. The molecule has 0 spiro atoms. The number of hydrogen-bond donors (Lipinski definition) is 3. The summed E-state index contributed by atoms with van der Waals surface area (Å²) in [5.74, 6) is 0.569. The van der Waals surface area contributed by atoms with E-state index in [-0.39, 0.29) is 18.1 Å². The van der Waals surface area contributed by atoms with Crippen molar-refractivity contribution in [2.45, 2.75) is 58.6 Å². The van der Waals surface area contributed by atoms with Gasteiger partial charge in [0.25, 0.3) is 0 Å². The van der Waals surface area contributed by atoms with Crippen LogP contribution in [-0.4, -0.2) is 29.7 Å². The van der Waals surface area contributed by atoms with E-state index in [4.69, 9.17) is 10.8 Å². The van der Waals surface area contributed by atoms with Crippen LogP contribution in [-0.2, 0) is 4.79 Å². The average molecular weight is 230 g/mol. The molecule has 0 aliphatic carbocycles. The quantitative estimate of drug-likeness (QED) is 0.583. The topological polar surface area (TPSA) is 75.3 Å². The van der Waals surface area contributed by atoms with E-state index in [1.807, 2.05) is 6.92 Å². The van der Waals surface area contributed by atoms with Gasteiger partial charge in [-0.25, -0.2) is 0 Å². The minimum atomic E-state index is -0.369. The molecule has 0 rings (SSSR count). The van der Waals surface area contributed by atoms with Crippen molar-refractivity contribution in [3.05, 3.63) is 0 Å². The van der Waals surface area contributed by atoms with Crippen LogP contribution in [0.15, 0.2) is 0 Å². The van der Waals surface area contributed by atoms with Gasteiger partial charge in [-0.3, -0.25) is 4.79 Å². The van der Waals surface area contributed by atoms with Gasteiger partial charge in [0.2, 0.25) is 5.91 Å². The third-order valence-corrected chi connectivity index (χ3v) is 2.63. The van der Waals surface area contributed by atoms with E-state index in [2.05, 4.69) is 12.2 Å². The van der Waals surface area contributed by atoms with Crippen LogP contribution in [0.2, 0.25) is 0 Å². The van der Waals surface area contributed by atoms with Gasteiger partial charge in [-0.05, 0) is 45.6 Å². The van der Waals surface area contributed by atoms with Gasteiger partial charge in [0.1, 0.15) is 0 Å². The predicted molar refractivity (Wildman–Crippen MR) is 66.0 cm³/mol. The Morgan fingerprint density at radius 3 is 2.44 bits per heavy atom. The Morgan fingerprint density at radius 1 is 1.31 bits per heavy atom. The lowest BCUT2D eigenvalue weighted by molar-refractivity contribution is -0.122. The minimum Gasteiger partial charge on any atom is -0.393 e. The lowest BCUT2D eigenvalue weighted by Gasteiger charge is -2.16. The monoisotopic (exact) mass is 230 g/mol. The highest BCUT2D eigenvalue weighted by atomic mass is 16.3. The zero-order valence-electron chi connectivity index (χ0n) is 10.7. The Kier molecular flexibility index (Phi) is 8.21. The van der Waals surface area contributed by atoms with Crippen LogP contribution in [0.5, 0.6) is 0 Å². The van der Waals surface area contributed by atoms with Crippen molar-refractivity contribution in [2.75, 3.05) is 6.54 Å².